The Kier molecular flexibility index (Phi) is 4.04. The lowest BCUT2D eigenvalue weighted by Crippen LogP contribution is -2.39. The van der Waals surface area contributed by atoms with Gasteiger partial charge in [0.15, 0.2) is 11.5 Å². The van der Waals surface area contributed by atoms with Crippen LogP contribution in [-0.4, -0.2) is 22.8 Å². The van der Waals surface area contributed by atoms with Gasteiger partial charge in [-0.25, -0.2) is 4.98 Å². The summed E-state index contributed by atoms with van der Waals surface area (Å²) in [5.74, 6) is 0.431. The van der Waals surface area contributed by atoms with Crippen LogP contribution in [0.4, 0.5) is 5.82 Å². The van der Waals surface area contributed by atoms with Gasteiger partial charge in [-0.15, -0.1) is 0 Å². The van der Waals surface area contributed by atoms with Crippen molar-refractivity contribution < 1.29 is 14.3 Å². The van der Waals surface area contributed by atoms with E-state index in [0.717, 1.165) is 36.8 Å². The molecule has 1 amide bonds. The van der Waals surface area contributed by atoms with Crippen molar-refractivity contribution in [1.29, 1.82) is 0 Å². The molecule has 3 atom stereocenters. The summed E-state index contributed by atoms with van der Waals surface area (Å²) in [6.07, 6.45) is 5.30. The summed E-state index contributed by atoms with van der Waals surface area (Å²) >= 11 is 0. The van der Waals surface area contributed by atoms with Gasteiger partial charge in [0, 0.05) is 6.20 Å². The van der Waals surface area contributed by atoms with Gasteiger partial charge in [0.1, 0.15) is 11.9 Å². The highest BCUT2D eigenvalue weighted by Gasteiger charge is 2.52. The first kappa shape index (κ1) is 17.2. The number of nitrogens with zero attached hydrogens (tertiary/aromatic N) is 2. The van der Waals surface area contributed by atoms with E-state index in [2.05, 4.69) is 4.98 Å². The minimum absolute atomic E-state index is 0.0720. The lowest BCUT2D eigenvalue weighted by atomic mass is 9.77. The maximum atomic E-state index is 13.5. The molecule has 142 valence electrons. The third-order valence-electron chi connectivity index (χ3n) is 6.02. The van der Waals surface area contributed by atoms with Crippen LogP contribution in [0.15, 0.2) is 60.0 Å². The quantitative estimate of drug-likeness (QED) is 0.800. The van der Waals surface area contributed by atoms with Gasteiger partial charge in [-0.3, -0.25) is 14.5 Å². The van der Waals surface area contributed by atoms with Crippen LogP contribution >= 0.6 is 0 Å². The van der Waals surface area contributed by atoms with Gasteiger partial charge < -0.3 is 4.74 Å². The summed E-state index contributed by atoms with van der Waals surface area (Å²) < 4.78 is 6.16. The first-order chi connectivity index (χ1) is 13.6. The van der Waals surface area contributed by atoms with E-state index in [0.29, 0.717) is 11.4 Å². The topological polar surface area (TPSA) is 59.5 Å². The second-order valence-corrected chi connectivity index (χ2v) is 7.84. The number of carbonyl (C=O) groups excluding carboxylic acids is 2. The molecule has 2 aromatic rings. The number of amides is 1. The first-order valence-corrected chi connectivity index (χ1v) is 9.91. The Balaban J connectivity index is 1.65. The van der Waals surface area contributed by atoms with Gasteiger partial charge in [-0.05, 0) is 43.4 Å². The Morgan fingerprint density at radius 3 is 2.57 bits per heavy atom. The highest BCUT2D eigenvalue weighted by Crippen LogP contribution is 2.47. The molecule has 5 heteroatoms. The normalized spacial score (nSPS) is 26.8. The Bertz CT molecular complexity index is 965. The molecule has 1 aromatic carbocycles. The summed E-state index contributed by atoms with van der Waals surface area (Å²) in [6, 6.07) is 13.0. The third kappa shape index (κ3) is 2.57. The molecule has 0 radical (unpaired) electrons. The second-order valence-electron chi connectivity index (χ2n) is 7.84. The minimum Gasteiger partial charge on any atom is -0.483 e. The number of aryl methyl sites for hydroxylation is 1. The Morgan fingerprint density at radius 1 is 1.04 bits per heavy atom. The summed E-state index contributed by atoms with van der Waals surface area (Å²) in [4.78, 5) is 32.9. The van der Waals surface area contributed by atoms with Gasteiger partial charge in [0.05, 0.1) is 17.5 Å². The summed E-state index contributed by atoms with van der Waals surface area (Å²) in [7, 11) is 0. The number of anilines is 1. The lowest BCUT2D eigenvalue weighted by molar-refractivity contribution is -0.131. The van der Waals surface area contributed by atoms with Gasteiger partial charge in [0.2, 0.25) is 0 Å². The van der Waals surface area contributed by atoms with Crippen LogP contribution < -0.4 is 4.90 Å². The molecule has 3 unspecified atom stereocenters. The molecule has 3 aliphatic rings. The predicted molar refractivity (Wildman–Crippen MR) is 105 cm³/mol. The molecular formula is C23H22N2O3. The van der Waals surface area contributed by atoms with Crippen molar-refractivity contribution in [2.45, 2.75) is 44.8 Å². The molecule has 28 heavy (non-hydrogen) atoms. The van der Waals surface area contributed by atoms with Crippen molar-refractivity contribution >= 4 is 17.5 Å². The number of Topliss-reactive ketones (excluding diaryl/α,β-unsaturated/α-hetero) is 1. The van der Waals surface area contributed by atoms with E-state index < -0.39 is 6.04 Å². The number of ether oxygens (including phenoxy) is 1. The van der Waals surface area contributed by atoms with Crippen molar-refractivity contribution in [3.05, 3.63) is 71.1 Å². The molecule has 1 saturated carbocycles. The molecule has 1 aliphatic carbocycles. The van der Waals surface area contributed by atoms with E-state index in [1.165, 1.54) is 0 Å². The average molecular weight is 374 g/mol. The lowest BCUT2D eigenvalue weighted by Gasteiger charge is -2.35. The van der Waals surface area contributed by atoms with E-state index >= 15 is 0 Å². The standard InChI is InChI=1S/C23H22N2O3/c1-14-11-12-18(24-13-14)25-20(15-7-3-2-4-8-15)19-21(26)16-9-5-6-10-17(16)28-22(19)23(25)27/h2-4,7-8,11-13,16-17,20H,5-6,9-10H2,1H3. The van der Waals surface area contributed by atoms with Crippen molar-refractivity contribution in [3.8, 4) is 0 Å². The first-order valence-electron chi connectivity index (χ1n) is 9.91. The highest BCUT2D eigenvalue weighted by atomic mass is 16.5. The molecular weight excluding hydrogens is 352 g/mol. The second kappa shape index (κ2) is 6.59. The van der Waals surface area contributed by atoms with Gasteiger partial charge >= 0.3 is 0 Å². The van der Waals surface area contributed by atoms with E-state index in [4.69, 9.17) is 4.74 Å². The molecule has 0 bridgehead atoms. The highest BCUT2D eigenvalue weighted by molar-refractivity contribution is 6.17. The number of carbonyl (C=O) groups is 2. The number of ketones is 1. The fourth-order valence-electron chi connectivity index (χ4n) is 4.63. The van der Waals surface area contributed by atoms with Crippen LogP contribution in [-0.2, 0) is 14.3 Å². The number of hydrogen-bond donors (Lipinski definition) is 0. The molecule has 0 N–H and O–H groups in total. The predicted octanol–water partition coefficient (Wildman–Crippen LogP) is 3.89. The van der Waals surface area contributed by atoms with Crippen molar-refractivity contribution in [2.75, 3.05) is 4.90 Å². The molecule has 0 spiro atoms. The Labute approximate surface area is 164 Å². The van der Waals surface area contributed by atoms with E-state index in [-0.39, 0.29) is 29.5 Å². The number of rotatable bonds is 2. The van der Waals surface area contributed by atoms with E-state index in [1.807, 2.05) is 49.4 Å². The largest absolute Gasteiger partial charge is 0.483 e. The zero-order valence-electron chi connectivity index (χ0n) is 15.8. The monoisotopic (exact) mass is 374 g/mol. The van der Waals surface area contributed by atoms with Gasteiger partial charge in [0.25, 0.3) is 5.91 Å². The molecule has 5 rings (SSSR count). The molecule has 5 nitrogen and oxygen atoms in total. The van der Waals surface area contributed by atoms with Crippen LogP contribution in [0.1, 0.15) is 42.9 Å². The molecule has 1 aromatic heterocycles. The SMILES string of the molecule is Cc1ccc(N2C(=O)C3=C(C(=O)C4CCCCC4O3)C2c2ccccc2)nc1. The van der Waals surface area contributed by atoms with Crippen LogP contribution in [0.3, 0.4) is 0 Å². The van der Waals surface area contributed by atoms with Gasteiger partial charge in [-0.2, -0.15) is 0 Å². The van der Waals surface area contributed by atoms with Crippen molar-refractivity contribution in [3.63, 3.8) is 0 Å². The van der Waals surface area contributed by atoms with Crippen LogP contribution in [0, 0.1) is 12.8 Å². The van der Waals surface area contributed by atoms with Crippen molar-refractivity contribution in [2.24, 2.45) is 5.92 Å². The summed E-state index contributed by atoms with van der Waals surface area (Å²) in [5, 5.41) is 0. The van der Waals surface area contributed by atoms with Crippen molar-refractivity contribution in [1.82, 2.24) is 4.98 Å². The number of hydrogen-bond acceptors (Lipinski definition) is 4. The van der Waals surface area contributed by atoms with E-state index in [9.17, 15) is 9.59 Å². The average Bonchev–Trinajstić information content (AvgIpc) is 3.02. The summed E-state index contributed by atoms with van der Waals surface area (Å²) in [6.45, 7) is 1.96. The van der Waals surface area contributed by atoms with Crippen LogP contribution in [0.5, 0.6) is 0 Å². The minimum atomic E-state index is -0.491. The Morgan fingerprint density at radius 2 is 1.82 bits per heavy atom. The number of pyridine rings is 1. The maximum Gasteiger partial charge on any atom is 0.295 e. The van der Waals surface area contributed by atoms with Gasteiger partial charge in [-0.1, -0.05) is 42.8 Å². The van der Waals surface area contributed by atoms with Crippen LogP contribution in [0.2, 0.25) is 0 Å². The maximum absolute atomic E-state index is 13.5. The zero-order chi connectivity index (χ0) is 19.3. The zero-order valence-corrected chi connectivity index (χ0v) is 15.8. The number of fused-ring (bicyclic) bond motifs is 1. The smallest absolute Gasteiger partial charge is 0.295 e. The molecule has 1 fully saturated rings. The fraction of sp³-hybridized carbons (Fsp3) is 0.348. The number of aromatic nitrogens is 1. The molecule has 0 saturated heterocycles. The Hall–Kier alpha value is -2.95. The van der Waals surface area contributed by atoms with Crippen LogP contribution in [0.25, 0.3) is 0 Å². The molecule has 2 aliphatic heterocycles. The van der Waals surface area contributed by atoms with E-state index in [1.54, 1.807) is 11.1 Å². The fourth-order valence-corrected chi connectivity index (χ4v) is 4.63. The third-order valence-corrected chi connectivity index (χ3v) is 6.02. The molecule has 3 heterocycles. The summed E-state index contributed by atoms with van der Waals surface area (Å²) in [5.41, 5.74) is 2.42. The number of benzene rings is 1.